The van der Waals surface area contributed by atoms with Crippen LogP contribution < -0.4 is 10.1 Å². The maximum Gasteiger partial charge on any atom is 0.0338 e. The largest absolute Gasteiger partial charge is 0.758 e. The number of hydrogen-bond donors (Lipinski definition) is 0. The molecule has 0 unspecified atom stereocenters. The average Bonchev–Trinajstić information content (AvgIpc) is 2.27. The summed E-state index contributed by atoms with van der Waals surface area (Å²) in [6.45, 7) is 0. The Morgan fingerprint density at radius 1 is 0.750 bits per heavy atom. The lowest BCUT2D eigenvalue weighted by molar-refractivity contribution is 1.21. The van der Waals surface area contributed by atoms with Crippen LogP contribution in [0.25, 0.3) is 10.8 Å². The molecular formula is C12H12N2O2-2. The molecule has 0 N–H and O–H groups in total. The van der Waals surface area contributed by atoms with Gasteiger partial charge in [0, 0.05) is 22.1 Å². The topological polar surface area (TPSA) is 52.6 Å². The summed E-state index contributed by atoms with van der Waals surface area (Å²) in [4.78, 5) is 0. The van der Waals surface area contributed by atoms with E-state index in [2.05, 4.69) is 0 Å². The second-order valence-corrected chi connectivity index (χ2v) is 3.64. The van der Waals surface area contributed by atoms with E-state index < -0.39 is 0 Å². The minimum absolute atomic E-state index is 0.571. The van der Waals surface area contributed by atoms with Crippen molar-refractivity contribution in [1.82, 2.24) is 0 Å². The maximum absolute atomic E-state index is 11.4. The summed E-state index contributed by atoms with van der Waals surface area (Å²) in [5, 5.41) is 25.9. The van der Waals surface area contributed by atoms with Crippen molar-refractivity contribution < 1.29 is 0 Å². The molecule has 0 heterocycles. The molecule has 0 aliphatic carbocycles. The monoisotopic (exact) mass is 216 g/mol. The highest BCUT2D eigenvalue weighted by atomic mass is 16.5. The molecule has 4 heteroatoms. The third kappa shape index (κ3) is 1.68. The zero-order chi connectivity index (χ0) is 11.7. The Kier molecular flexibility index (Phi) is 2.68. The van der Waals surface area contributed by atoms with E-state index in [4.69, 9.17) is 0 Å². The Morgan fingerprint density at radius 2 is 1.12 bits per heavy atom. The second kappa shape index (κ2) is 4.00. The van der Waals surface area contributed by atoms with Crippen LogP contribution in [0.2, 0.25) is 0 Å². The number of hydrogen-bond acceptors (Lipinski definition) is 4. The zero-order valence-electron chi connectivity index (χ0n) is 9.18. The van der Waals surface area contributed by atoms with E-state index in [9.17, 15) is 10.4 Å². The number of rotatable bonds is 2. The van der Waals surface area contributed by atoms with Crippen LogP contribution in [0.5, 0.6) is 0 Å². The molecule has 0 atom stereocenters. The van der Waals surface area contributed by atoms with Gasteiger partial charge in [0.15, 0.2) is 0 Å². The fraction of sp³-hybridized carbons (Fsp3) is 0.167. The lowest BCUT2D eigenvalue weighted by Crippen LogP contribution is -2.09. The van der Waals surface area contributed by atoms with E-state index >= 15 is 0 Å². The highest BCUT2D eigenvalue weighted by molar-refractivity contribution is 6.02. The van der Waals surface area contributed by atoms with Crippen LogP contribution in [-0.2, 0) is 0 Å². The van der Waals surface area contributed by atoms with Gasteiger partial charge in [0.1, 0.15) is 0 Å². The third-order valence-corrected chi connectivity index (χ3v) is 2.56. The lowest BCUT2D eigenvalue weighted by atomic mass is 10.1. The number of fused-ring (bicyclic) bond motifs is 1. The molecule has 84 valence electrons. The molecule has 16 heavy (non-hydrogen) atoms. The molecule has 0 saturated carbocycles. The fourth-order valence-corrected chi connectivity index (χ4v) is 1.82. The molecule has 0 aromatic heterocycles. The Labute approximate surface area is 93.9 Å². The van der Waals surface area contributed by atoms with Crippen molar-refractivity contribution in [2.45, 2.75) is 0 Å². The van der Waals surface area contributed by atoms with Crippen LogP contribution in [0.4, 0.5) is 11.4 Å². The lowest BCUT2D eigenvalue weighted by Gasteiger charge is -2.31. The van der Waals surface area contributed by atoms with Gasteiger partial charge in [0.25, 0.3) is 0 Å². The van der Waals surface area contributed by atoms with Gasteiger partial charge in [-0.05, 0) is 26.2 Å². The summed E-state index contributed by atoms with van der Waals surface area (Å²) in [6, 6.07) is 10.7. The first-order valence-electron chi connectivity index (χ1n) is 4.94. The molecule has 0 spiro atoms. The van der Waals surface area contributed by atoms with Crippen molar-refractivity contribution in [3.63, 3.8) is 0 Å². The number of anilines is 2. The molecule has 0 amide bonds. The van der Waals surface area contributed by atoms with E-state index in [0.29, 0.717) is 11.4 Å². The quantitative estimate of drug-likeness (QED) is 0.724. The molecule has 0 bridgehead atoms. The molecule has 4 nitrogen and oxygen atoms in total. The fourth-order valence-electron chi connectivity index (χ4n) is 1.82. The Balaban J connectivity index is 2.77. The third-order valence-electron chi connectivity index (χ3n) is 2.56. The number of hydroxylamine groups is 2. The molecule has 0 saturated heterocycles. The summed E-state index contributed by atoms with van der Waals surface area (Å²) in [6.07, 6.45) is 0. The van der Waals surface area contributed by atoms with Gasteiger partial charge in [-0.1, -0.05) is 24.3 Å². The van der Waals surface area contributed by atoms with Crippen molar-refractivity contribution in [2.24, 2.45) is 0 Å². The standard InChI is InChI=1S/C12H12N2O2/c1-13(15)11-7-8-12(14(2)16)10-6-4-3-5-9(10)11/h3-8H,1-2H3/q-2. The molecule has 0 fully saturated rings. The Hall–Kier alpha value is -1.78. The van der Waals surface area contributed by atoms with Crippen molar-refractivity contribution in [3.8, 4) is 0 Å². The first kappa shape index (κ1) is 10.7. The minimum Gasteiger partial charge on any atom is -0.758 e. The normalized spacial score (nSPS) is 10.5. The molecule has 0 radical (unpaired) electrons. The SMILES string of the molecule is CN([O-])c1ccc(N(C)[O-])c2ccccc12. The van der Waals surface area contributed by atoms with Gasteiger partial charge < -0.3 is 20.5 Å². The van der Waals surface area contributed by atoms with Crippen LogP contribution >= 0.6 is 0 Å². The molecular weight excluding hydrogens is 204 g/mol. The Morgan fingerprint density at radius 3 is 1.44 bits per heavy atom. The van der Waals surface area contributed by atoms with E-state index in [1.54, 1.807) is 12.1 Å². The first-order chi connectivity index (χ1) is 7.61. The summed E-state index contributed by atoms with van der Waals surface area (Å²) in [7, 11) is 2.89. The molecule has 0 aliphatic heterocycles. The molecule has 0 aliphatic rings. The summed E-state index contributed by atoms with van der Waals surface area (Å²) >= 11 is 0. The molecule has 2 aromatic rings. The van der Waals surface area contributed by atoms with Crippen molar-refractivity contribution in [3.05, 3.63) is 46.8 Å². The Bertz CT molecular complexity index is 463. The smallest absolute Gasteiger partial charge is 0.0338 e. The predicted molar refractivity (Wildman–Crippen MR) is 67.5 cm³/mol. The number of nitrogens with zero attached hydrogens (tertiary/aromatic N) is 2. The van der Waals surface area contributed by atoms with E-state index in [-0.39, 0.29) is 0 Å². The van der Waals surface area contributed by atoms with Crippen molar-refractivity contribution in [2.75, 3.05) is 24.2 Å². The van der Waals surface area contributed by atoms with E-state index in [0.717, 1.165) is 20.9 Å². The van der Waals surface area contributed by atoms with Gasteiger partial charge in [0.05, 0.1) is 0 Å². The highest BCUT2D eigenvalue weighted by Gasteiger charge is 2.04. The molecule has 2 rings (SSSR count). The van der Waals surface area contributed by atoms with Gasteiger partial charge in [0.2, 0.25) is 0 Å². The zero-order valence-corrected chi connectivity index (χ0v) is 9.18. The van der Waals surface area contributed by atoms with Gasteiger partial charge >= 0.3 is 0 Å². The number of benzene rings is 2. The van der Waals surface area contributed by atoms with Crippen LogP contribution in [0.15, 0.2) is 36.4 Å². The van der Waals surface area contributed by atoms with Crippen LogP contribution in [0.3, 0.4) is 0 Å². The summed E-state index contributed by atoms with van der Waals surface area (Å²) in [5.74, 6) is 0. The van der Waals surface area contributed by atoms with Crippen molar-refractivity contribution in [1.29, 1.82) is 0 Å². The highest BCUT2D eigenvalue weighted by Crippen LogP contribution is 2.32. The molecule has 2 aromatic carbocycles. The van der Waals surface area contributed by atoms with Crippen LogP contribution in [0.1, 0.15) is 0 Å². The summed E-state index contributed by atoms with van der Waals surface area (Å²) in [5.41, 5.74) is 1.14. The van der Waals surface area contributed by atoms with E-state index in [1.807, 2.05) is 24.3 Å². The van der Waals surface area contributed by atoms with Gasteiger partial charge in [-0.2, -0.15) is 0 Å². The average molecular weight is 216 g/mol. The maximum atomic E-state index is 11.4. The summed E-state index contributed by atoms with van der Waals surface area (Å²) < 4.78 is 0. The predicted octanol–water partition coefficient (Wildman–Crippen LogP) is 2.71. The van der Waals surface area contributed by atoms with Gasteiger partial charge in [-0.3, -0.25) is 0 Å². The minimum atomic E-state index is 0.571. The van der Waals surface area contributed by atoms with Crippen LogP contribution in [-0.4, -0.2) is 14.1 Å². The van der Waals surface area contributed by atoms with Crippen molar-refractivity contribution >= 4 is 22.1 Å². The second-order valence-electron chi connectivity index (χ2n) is 3.64. The van der Waals surface area contributed by atoms with Gasteiger partial charge in [-0.25, -0.2) is 0 Å². The van der Waals surface area contributed by atoms with E-state index in [1.165, 1.54) is 14.1 Å². The first-order valence-corrected chi connectivity index (χ1v) is 4.94. The van der Waals surface area contributed by atoms with Gasteiger partial charge in [-0.15, -0.1) is 0 Å². The van der Waals surface area contributed by atoms with Crippen LogP contribution in [0, 0.1) is 10.4 Å².